The molecule has 100 valence electrons. The largest absolute Gasteiger partial charge is 0.388 e. The van der Waals surface area contributed by atoms with E-state index in [4.69, 9.17) is 4.84 Å². The molecule has 0 bridgehead atoms. The number of aryl methyl sites for hydroxylation is 2. The normalized spacial score (nSPS) is 11.4. The third kappa shape index (κ3) is 4.13. The molecule has 1 amide bonds. The predicted octanol–water partition coefficient (Wildman–Crippen LogP) is 2.04. The van der Waals surface area contributed by atoms with Crippen molar-refractivity contribution in [2.75, 3.05) is 6.61 Å². The Balaban J connectivity index is 2.68. The van der Waals surface area contributed by atoms with Crippen LogP contribution in [0, 0.1) is 20.8 Å². The summed E-state index contributed by atoms with van der Waals surface area (Å²) in [7, 11) is 0. The van der Waals surface area contributed by atoms with Crippen LogP contribution in [0.5, 0.6) is 0 Å². The number of hydrogen-bond donors (Lipinski definition) is 2. The first-order chi connectivity index (χ1) is 8.20. The summed E-state index contributed by atoms with van der Waals surface area (Å²) in [4.78, 5) is 16.8. The van der Waals surface area contributed by atoms with Gasteiger partial charge in [-0.25, -0.2) is 5.48 Å². The second-order valence-corrected chi connectivity index (χ2v) is 5.27. The molecule has 18 heavy (non-hydrogen) atoms. The number of hydrogen-bond acceptors (Lipinski definition) is 3. The fourth-order valence-electron chi connectivity index (χ4n) is 1.50. The maximum atomic E-state index is 11.8. The van der Waals surface area contributed by atoms with E-state index >= 15 is 0 Å². The summed E-state index contributed by atoms with van der Waals surface area (Å²) < 4.78 is 0. The molecule has 4 heteroatoms. The molecule has 0 fully saturated rings. The van der Waals surface area contributed by atoms with Crippen molar-refractivity contribution >= 4 is 5.91 Å². The molecule has 0 aliphatic carbocycles. The monoisotopic (exact) mass is 251 g/mol. The summed E-state index contributed by atoms with van der Waals surface area (Å²) in [5, 5.41) is 9.45. The molecule has 0 saturated heterocycles. The lowest BCUT2D eigenvalue weighted by atomic mass is 10.0. The average molecular weight is 251 g/mol. The van der Waals surface area contributed by atoms with Gasteiger partial charge in [0.25, 0.3) is 5.91 Å². The van der Waals surface area contributed by atoms with E-state index in [1.54, 1.807) is 13.8 Å². The second kappa shape index (κ2) is 5.50. The Morgan fingerprint density at radius 1 is 1.28 bits per heavy atom. The van der Waals surface area contributed by atoms with Crippen molar-refractivity contribution in [3.8, 4) is 0 Å². The quantitative estimate of drug-likeness (QED) is 0.805. The first-order valence-corrected chi connectivity index (χ1v) is 5.93. The maximum absolute atomic E-state index is 11.8. The Bertz CT molecular complexity index is 424. The van der Waals surface area contributed by atoms with Crippen LogP contribution in [0.1, 0.15) is 40.9 Å². The lowest BCUT2D eigenvalue weighted by Crippen LogP contribution is -2.33. The van der Waals surface area contributed by atoms with Crippen LogP contribution in [0.3, 0.4) is 0 Å². The fourth-order valence-corrected chi connectivity index (χ4v) is 1.50. The maximum Gasteiger partial charge on any atom is 0.274 e. The number of hydroxylamine groups is 1. The second-order valence-electron chi connectivity index (χ2n) is 5.27. The summed E-state index contributed by atoms with van der Waals surface area (Å²) in [5.41, 5.74) is 5.25. The van der Waals surface area contributed by atoms with Gasteiger partial charge in [-0.3, -0.25) is 9.63 Å². The molecular formula is C14H21NO3. The molecule has 0 unspecified atom stereocenters. The summed E-state index contributed by atoms with van der Waals surface area (Å²) in [6.07, 6.45) is 0. The third-order valence-corrected chi connectivity index (χ3v) is 2.78. The number of aliphatic hydroxyl groups is 1. The molecule has 4 nitrogen and oxygen atoms in total. The van der Waals surface area contributed by atoms with E-state index in [0.29, 0.717) is 5.56 Å². The first kappa shape index (κ1) is 14.7. The Morgan fingerprint density at radius 2 is 1.78 bits per heavy atom. The highest BCUT2D eigenvalue weighted by Gasteiger charge is 2.14. The van der Waals surface area contributed by atoms with Crippen molar-refractivity contribution in [2.24, 2.45) is 0 Å². The molecule has 1 aromatic rings. The lowest BCUT2D eigenvalue weighted by Gasteiger charge is -2.17. The van der Waals surface area contributed by atoms with Crippen LogP contribution < -0.4 is 5.48 Å². The highest BCUT2D eigenvalue weighted by Crippen LogP contribution is 2.15. The van der Waals surface area contributed by atoms with Crippen molar-refractivity contribution in [2.45, 2.75) is 40.2 Å². The number of nitrogens with one attached hydrogen (secondary N) is 1. The zero-order valence-corrected chi connectivity index (χ0v) is 11.6. The number of carbonyl (C=O) groups is 1. The molecule has 0 radical (unpaired) electrons. The Hall–Kier alpha value is -1.39. The topological polar surface area (TPSA) is 58.6 Å². The molecule has 0 aromatic heterocycles. The van der Waals surface area contributed by atoms with Crippen LogP contribution >= 0.6 is 0 Å². The zero-order chi connectivity index (χ0) is 13.9. The average Bonchev–Trinajstić information content (AvgIpc) is 2.23. The highest BCUT2D eigenvalue weighted by molar-refractivity contribution is 5.94. The van der Waals surface area contributed by atoms with E-state index in [9.17, 15) is 9.90 Å². The van der Waals surface area contributed by atoms with Gasteiger partial charge in [-0.15, -0.1) is 0 Å². The van der Waals surface area contributed by atoms with Gasteiger partial charge in [0.2, 0.25) is 0 Å². The fraction of sp³-hybridized carbons (Fsp3) is 0.500. The number of rotatable bonds is 4. The predicted molar refractivity (Wildman–Crippen MR) is 70.4 cm³/mol. The van der Waals surface area contributed by atoms with E-state index in [-0.39, 0.29) is 12.5 Å². The van der Waals surface area contributed by atoms with Crippen molar-refractivity contribution in [1.29, 1.82) is 0 Å². The molecule has 0 aliphatic rings. The summed E-state index contributed by atoms with van der Waals surface area (Å²) >= 11 is 0. The van der Waals surface area contributed by atoms with Crippen LogP contribution in [0.4, 0.5) is 0 Å². The van der Waals surface area contributed by atoms with Gasteiger partial charge in [0.15, 0.2) is 0 Å². The number of amides is 1. The van der Waals surface area contributed by atoms with E-state index in [0.717, 1.165) is 11.1 Å². The summed E-state index contributed by atoms with van der Waals surface area (Å²) in [6.45, 7) is 9.23. The van der Waals surface area contributed by atoms with Crippen LogP contribution in [0.25, 0.3) is 0 Å². The van der Waals surface area contributed by atoms with E-state index in [1.165, 1.54) is 5.56 Å². The molecule has 0 aliphatic heterocycles. The minimum Gasteiger partial charge on any atom is -0.388 e. The smallest absolute Gasteiger partial charge is 0.274 e. The Kier molecular flexibility index (Phi) is 4.48. The first-order valence-electron chi connectivity index (χ1n) is 5.93. The van der Waals surface area contributed by atoms with Gasteiger partial charge in [-0.2, -0.15) is 0 Å². The molecule has 0 saturated carbocycles. The van der Waals surface area contributed by atoms with Crippen molar-refractivity contribution in [3.05, 3.63) is 34.4 Å². The third-order valence-electron chi connectivity index (χ3n) is 2.78. The van der Waals surface area contributed by atoms with E-state index in [1.807, 2.05) is 32.9 Å². The number of benzene rings is 1. The van der Waals surface area contributed by atoms with Crippen LogP contribution in [-0.2, 0) is 4.84 Å². The highest BCUT2D eigenvalue weighted by atomic mass is 16.7. The van der Waals surface area contributed by atoms with Crippen molar-refractivity contribution in [3.63, 3.8) is 0 Å². The molecule has 0 spiro atoms. The molecule has 2 N–H and O–H groups in total. The van der Waals surface area contributed by atoms with Crippen LogP contribution in [0.2, 0.25) is 0 Å². The van der Waals surface area contributed by atoms with Gasteiger partial charge in [-0.05, 0) is 63.4 Å². The standard InChI is InChI=1S/C14H21NO3/c1-9-6-12(7-10(2)11(9)3)13(16)15-18-8-14(4,5)17/h6-7,17H,8H2,1-5H3,(H,15,16). The Labute approximate surface area is 108 Å². The van der Waals surface area contributed by atoms with Crippen molar-refractivity contribution in [1.82, 2.24) is 5.48 Å². The van der Waals surface area contributed by atoms with E-state index < -0.39 is 5.60 Å². The molecular weight excluding hydrogens is 230 g/mol. The molecule has 0 heterocycles. The van der Waals surface area contributed by atoms with E-state index in [2.05, 4.69) is 5.48 Å². The zero-order valence-electron chi connectivity index (χ0n) is 11.6. The van der Waals surface area contributed by atoms with Crippen LogP contribution in [-0.4, -0.2) is 23.2 Å². The van der Waals surface area contributed by atoms with Gasteiger partial charge in [0, 0.05) is 5.56 Å². The molecule has 1 aromatic carbocycles. The number of carbonyl (C=O) groups excluding carboxylic acids is 1. The minimum absolute atomic E-state index is 0.0442. The Morgan fingerprint density at radius 3 is 2.22 bits per heavy atom. The lowest BCUT2D eigenvalue weighted by molar-refractivity contribution is -0.0522. The molecule has 0 atom stereocenters. The van der Waals surface area contributed by atoms with Crippen molar-refractivity contribution < 1.29 is 14.7 Å². The van der Waals surface area contributed by atoms with Gasteiger partial charge < -0.3 is 5.11 Å². The molecule has 1 rings (SSSR count). The summed E-state index contributed by atoms with van der Waals surface area (Å²) in [5.74, 6) is -0.301. The van der Waals surface area contributed by atoms with Gasteiger partial charge in [-0.1, -0.05) is 0 Å². The van der Waals surface area contributed by atoms with Gasteiger partial charge >= 0.3 is 0 Å². The minimum atomic E-state index is -0.966. The SMILES string of the molecule is Cc1cc(C(=O)NOCC(C)(C)O)cc(C)c1C. The van der Waals surface area contributed by atoms with Gasteiger partial charge in [0.1, 0.15) is 6.61 Å². The summed E-state index contributed by atoms with van der Waals surface area (Å²) in [6, 6.07) is 3.65. The van der Waals surface area contributed by atoms with Gasteiger partial charge in [0.05, 0.1) is 5.60 Å². The van der Waals surface area contributed by atoms with Crippen LogP contribution in [0.15, 0.2) is 12.1 Å².